The maximum atomic E-state index is 15.0. The molecule has 1 aromatic heterocycles. The Bertz CT molecular complexity index is 910. The van der Waals surface area contributed by atoms with Gasteiger partial charge in [-0.2, -0.15) is 4.98 Å². The van der Waals surface area contributed by atoms with Crippen LogP contribution in [0.2, 0.25) is 0 Å². The minimum atomic E-state index is -0.671. The van der Waals surface area contributed by atoms with E-state index in [1.54, 1.807) is 31.9 Å². The Morgan fingerprint density at radius 1 is 1.12 bits per heavy atom. The fourth-order valence-electron chi connectivity index (χ4n) is 3.79. The molecule has 2 aromatic rings. The molecule has 0 N–H and O–H groups in total. The second-order valence-corrected chi connectivity index (χ2v) is 7.74. The van der Waals surface area contributed by atoms with Gasteiger partial charge in [-0.05, 0) is 44.7 Å². The maximum absolute atomic E-state index is 15.0. The van der Waals surface area contributed by atoms with Crippen molar-refractivity contribution >= 4 is 11.7 Å². The van der Waals surface area contributed by atoms with Crippen molar-refractivity contribution in [1.29, 1.82) is 0 Å². The lowest BCUT2D eigenvalue weighted by molar-refractivity contribution is -0.144. The molecule has 3 rings (SSSR count). The van der Waals surface area contributed by atoms with Gasteiger partial charge in [-0.15, -0.1) is 0 Å². The lowest BCUT2D eigenvalue weighted by Gasteiger charge is -2.33. The summed E-state index contributed by atoms with van der Waals surface area (Å²) < 4.78 is 45.4. The molecule has 7 nitrogen and oxygen atoms in total. The van der Waals surface area contributed by atoms with Crippen molar-refractivity contribution in [3.8, 4) is 17.3 Å². The van der Waals surface area contributed by atoms with Crippen molar-refractivity contribution in [3.05, 3.63) is 35.5 Å². The van der Waals surface area contributed by atoms with E-state index in [1.165, 1.54) is 12.1 Å². The molecular formula is C23H29F2N3O4. The van der Waals surface area contributed by atoms with E-state index in [0.717, 1.165) is 0 Å². The highest BCUT2D eigenvalue weighted by Crippen LogP contribution is 2.32. The van der Waals surface area contributed by atoms with Crippen molar-refractivity contribution in [2.45, 2.75) is 33.1 Å². The molecule has 1 aromatic carbocycles. The molecule has 32 heavy (non-hydrogen) atoms. The van der Waals surface area contributed by atoms with Gasteiger partial charge in [-0.1, -0.05) is 0 Å². The highest BCUT2D eigenvalue weighted by molar-refractivity contribution is 5.69. The molecule has 0 radical (unpaired) electrons. The van der Waals surface area contributed by atoms with Crippen molar-refractivity contribution in [1.82, 2.24) is 9.97 Å². The molecule has 9 heteroatoms. The summed E-state index contributed by atoms with van der Waals surface area (Å²) in [5.74, 6) is -0.899. The van der Waals surface area contributed by atoms with Crippen LogP contribution in [0, 0.1) is 24.5 Å². The van der Waals surface area contributed by atoms with Crippen LogP contribution in [0.3, 0.4) is 0 Å². The predicted octanol–water partition coefficient (Wildman–Crippen LogP) is 3.93. The van der Waals surface area contributed by atoms with Crippen LogP contribution in [0.25, 0.3) is 11.4 Å². The third-order valence-corrected chi connectivity index (χ3v) is 5.33. The number of ether oxygens (including phenoxy) is 3. The highest BCUT2D eigenvalue weighted by Gasteiger charge is 2.26. The van der Waals surface area contributed by atoms with Crippen molar-refractivity contribution in [2.24, 2.45) is 5.92 Å². The van der Waals surface area contributed by atoms with Crippen LogP contribution in [0.5, 0.6) is 5.88 Å². The Balaban J connectivity index is 1.73. The van der Waals surface area contributed by atoms with Gasteiger partial charge < -0.3 is 19.1 Å². The van der Waals surface area contributed by atoms with Gasteiger partial charge in [-0.25, -0.2) is 13.8 Å². The molecule has 0 spiro atoms. The van der Waals surface area contributed by atoms with E-state index in [2.05, 4.69) is 9.97 Å². The minimum absolute atomic E-state index is 0.0624. The number of rotatable bonds is 9. The summed E-state index contributed by atoms with van der Waals surface area (Å²) in [6.45, 7) is 5.52. The number of hydrogen-bond donors (Lipinski definition) is 0. The molecule has 0 aliphatic carbocycles. The van der Waals surface area contributed by atoms with Gasteiger partial charge in [0.15, 0.2) is 5.82 Å². The molecule has 174 valence electrons. The molecule has 0 saturated carbocycles. The van der Waals surface area contributed by atoms with E-state index in [4.69, 9.17) is 14.2 Å². The van der Waals surface area contributed by atoms with E-state index >= 15 is 0 Å². The smallest absolute Gasteiger partial charge is 0.306 e. The van der Waals surface area contributed by atoms with Crippen LogP contribution in [-0.2, 0) is 14.3 Å². The molecular weight excluding hydrogens is 420 g/mol. The Labute approximate surface area is 186 Å². The number of carbonyl (C=O) groups excluding carboxylic acids is 1. The first-order valence-electron chi connectivity index (χ1n) is 10.8. The van der Waals surface area contributed by atoms with E-state index in [1.807, 2.05) is 0 Å². The third-order valence-electron chi connectivity index (χ3n) is 5.33. The van der Waals surface area contributed by atoms with Crippen molar-refractivity contribution < 1.29 is 27.8 Å². The number of benzene rings is 1. The average Bonchev–Trinajstić information content (AvgIpc) is 2.74. The minimum Gasteiger partial charge on any atom is -0.475 e. The van der Waals surface area contributed by atoms with Gasteiger partial charge in [0.25, 0.3) is 0 Å². The van der Waals surface area contributed by atoms with Crippen molar-refractivity contribution in [2.75, 3.05) is 44.9 Å². The zero-order valence-corrected chi connectivity index (χ0v) is 18.7. The normalized spacial score (nSPS) is 14.5. The number of methoxy groups -OCH3 is 1. The van der Waals surface area contributed by atoms with E-state index in [9.17, 15) is 13.6 Å². The number of aryl methyl sites for hydroxylation is 1. The molecule has 0 unspecified atom stereocenters. The quantitative estimate of drug-likeness (QED) is 0.424. The lowest BCUT2D eigenvalue weighted by Crippen LogP contribution is -2.35. The number of hydrogen-bond acceptors (Lipinski definition) is 7. The number of anilines is 1. The van der Waals surface area contributed by atoms with Gasteiger partial charge in [0.2, 0.25) is 5.88 Å². The number of carbonyl (C=O) groups is 1. The Morgan fingerprint density at radius 3 is 2.44 bits per heavy atom. The van der Waals surface area contributed by atoms with Gasteiger partial charge in [0, 0.05) is 43.9 Å². The van der Waals surface area contributed by atoms with Crippen LogP contribution < -0.4 is 9.64 Å². The predicted molar refractivity (Wildman–Crippen MR) is 116 cm³/mol. The summed E-state index contributed by atoms with van der Waals surface area (Å²) in [7, 11) is 1.57. The molecule has 1 saturated heterocycles. The largest absolute Gasteiger partial charge is 0.475 e. The first kappa shape index (κ1) is 23.8. The monoisotopic (exact) mass is 449 g/mol. The van der Waals surface area contributed by atoms with Gasteiger partial charge in [-0.3, -0.25) is 4.79 Å². The van der Waals surface area contributed by atoms with Crippen LogP contribution in [0.15, 0.2) is 18.2 Å². The molecule has 2 heterocycles. The molecule has 0 amide bonds. The Kier molecular flexibility index (Phi) is 8.33. The highest BCUT2D eigenvalue weighted by atomic mass is 19.1. The summed E-state index contributed by atoms with van der Waals surface area (Å²) >= 11 is 0. The van der Waals surface area contributed by atoms with Crippen LogP contribution in [0.1, 0.15) is 31.9 Å². The Hall–Kier alpha value is -2.81. The summed E-state index contributed by atoms with van der Waals surface area (Å²) in [4.78, 5) is 21.9. The zero-order chi connectivity index (χ0) is 23.1. The first-order valence-corrected chi connectivity index (χ1v) is 10.8. The summed E-state index contributed by atoms with van der Waals surface area (Å²) in [5.41, 5.74) is 0.796. The van der Waals surface area contributed by atoms with Crippen LogP contribution >= 0.6 is 0 Å². The van der Waals surface area contributed by atoms with E-state index in [0.29, 0.717) is 63.7 Å². The molecule has 0 atom stereocenters. The number of nitrogens with zero attached hydrogens (tertiary/aromatic N) is 3. The number of piperidine rings is 1. The van der Waals surface area contributed by atoms with Crippen molar-refractivity contribution in [3.63, 3.8) is 0 Å². The fourth-order valence-corrected chi connectivity index (χ4v) is 3.79. The zero-order valence-electron chi connectivity index (χ0n) is 18.7. The summed E-state index contributed by atoms with van der Waals surface area (Å²) in [6, 6.07) is 4.15. The standard InChI is InChI=1S/C23H29F2N3O4/c1-4-31-21(29)12-16-5-7-28(8-6-16)22-18(24)13-17(14-19(22)25)23-26-15(2)11-20(27-23)32-10-9-30-3/h11,13-14,16H,4-10,12H2,1-3H3. The third kappa shape index (κ3) is 6.12. The van der Waals surface area contributed by atoms with Gasteiger partial charge in [0.05, 0.1) is 13.2 Å². The number of esters is 1. The van der Waals surface area contributed by atoms with Crippen LogP contribution in [0.4, 0.5) is 14.5 Å². The maximum Gasteiger partial charge on any atom is 0.306 e. The molecule has 1 fully saturated rings. The topological polar surface area (TPSA) is 73.8 Å². The number of aromatic nitrogens is 2. The number of halogens is 2. The van der Waals surface area contributed by atoms with Gasteiger partial charge >= 0.3 is 5.97 Å². The van der Waals surface area contributed by atoms with E-state index < -0.39 is 11.6 Å². The Morgan fingerprint density at radius 2 is 1.81 bits per heavy atom. The van der Waals surface area contributed by atoms with Crippen LogP contribution in [-0.4, -0.2) is 56.0 Å². The second-order valence-electron chi connectivity index (χ2n) is 7.74. The fraction of sp³-hybridized carbons (Fsp3) is 0.522. The molecule has 1 aliphatic heterocycles. The van der Waals surface area contributed by atoms with E-state index in [-0.39, 0.29) is 29.0 Å². The summed E-state index contributed by atoms with van der Waals surface area (Å²) in [5, 5.41) is 0. The van der Waals surface area contributed by atoms with Gasteiger partial charge in [0.1, 0.15) is 23.9 Å². The lowest BCUT2D eigenvalue weighted by atomic mass is 9.93. The summed E-state index contributed by atoms with van der Waals surface area (Å²) in [6.07, 6.45) is 1.68. The molecule has 1 aliphatic rings. The second kappa shape index (κ2) is 11.2. The SMILES string of the molecule is CCOC(=O)CC1CCN(c2c(F)cc(-c3nc(C)cc(OCCOC)n3)cc2F)CC1. The first-order chi connectivity index (χ1) is 15.4. The average molecular weight is 449 g/mol. The molecule has 0 bridgehead atoms.